The summed E-state index contributed by atoms with van der Waals surface area (Å²) in [5.41, 5.74) is 4.15. The van der Waals surface area contributed by atoms with Gasteiger partial charge in [-0.05, 0) is 48.5 Å². The number of fused-ring (bicyclic) bond motifs is 2. The van der Waals surface area contributed by atoms with Crippen LogP contribution in [0.2, 0.25) is 0 Å². The van der Waals surface area contributed by atoms with Gasteiger partial charge in [0.1, 0.15) is 6.33 Å². The number of benzene rings is 3. The molecule has 1 N–H and O–H groups in total. The number of nitrogens with one attached hydrogen (secondary N) is 1. The molecule has 0 atom stereocenters. The predicted octanol–water partition coefficient (Wildman–Crippen LogP) is 4.44. The first-order chi connectivity index (χ1) is 14.3. The Hall–Kier alpha value is -3.80. The van der Waals surface area contributed by atoms with Gasteiger partial charge in [0.05, 0.1) is 24.2 Å². The highest BCUT2D eigenvalue weighted by Crippen LogP contribution is 2.32. The Labute approximate surface area is 167 Å². The number of carbonyl (C=O) groups is 1. The molecule has 5 rings (SSSR count). The van der Waals surface area contributed by atoms with Crippen LogP contribution in [0.3, 0.4) is 0 Å². The van der Waals surface area contributed by atoms with Gasteiger partial charge in [0.2, 0.25) is 0 Å². The van der Waals surface area contributed by atoms with Crippen molar-refractivity contribution in [2.45, 2.75) is 6.42 Å². The molecule has 1 aliphatic rings. The van der Waals surface area contributed by atoms with Crippen LogP contribution < -0.4 is 14.8 Å². The monoisotopic (exact) mass is 385 g/mol. The summed E-state index contributed by atoms with van der Waals surface area (Å²) in [6.07, 6.45) is 2.63. The lowest BCUT2D eigenvalue weighted by molar-refractivity contribution is 0.102. The molecule has 3 aromatic carbocycles. The van der Waals surface area contributed by atoms with E-state index in [0.717, 1.165) is 23.1 Å². The lowest BCUT2D eigenvalue weighted by Crippen LogP contribution is -2.12. The number of amides is 1. The minimum Gasteiger partial charge on any atom is -0.490 e. The number of aromatic nitrogens is 2. The number of hydrogen-bond donors (Lipinski definition) is 1. The SMILES string of the molecule is O=C(Nc1ccc2c(c1)OCCCO2)c1ccc(-n2cnc3ccccc32)cc1. The lowest BCUT2D eigenvalue weighted by atomic mass is 10.1. The van der Waals surface area contributed by atoms with E-state index >= 15 is 0 Å². The van der Waals surface area contributed by atoms with Gasteiger partial charge in [0, 0.05) is 29.4 Å². The molecular weight excluding hydrogens is 366 g/mol. The van der Waals surface area contributed by atoms with Gasteiger partial charge < -0.3 is 14.8 Å². The van der Waals surface area contributed by atoms with Crippen molar-refractivity contribution in [1.29, 1.82) is 0 Å². The Morgan fingerprint density at radius 3 is 2.59 bits per heavy atom. The first-order valence-corrected chi connectivity index (χ1v) is 9.51. The normalized spacial score (nSPS) is 13.1. The van der Waals surface area contributed by atoms with E-state index in [9.17, 15) is 4.79 Å². The Bertz CT molecular complexity index is 1180. The van der Waals surface area contributed by atoms with E-state index in [1.165, 1.54) is 0 Å². The second-order valence-corrected chi connectivity index (χ2v) is 6.82. The van der Waals surface area contributed by atoms with Gasteiger partial charge in [-0.25, -0.2) is 4.98 Å². The van der Waals surface area contributed by atoms with Crippen molar-refractivity contribution < 1.29 is 14.3 Å². The average Bonchev–Trinajstić information content (AvgIpc) is 3.05. The third kappa shape index (κ3) is 3.40. The topological polar surface area (TPSA) is 65.4 Å². The van der Waals surface area contributed by atoms with Gasteiger partial charge in [-0.2, -0.15) is 0 Å². The van der Waals surface area contributed by atoms with Crippen molar-refractivity contribution in [2.24, 2.45) is 0 Å². The number of imidazole rings is 1. The second kappa shape index (κ2) is 7.31. The van der Waals surface area contributed by atoms with E-state index in [1.54, 1.807) is 12.4 Å². The van der Waals surface area contributed by atoms with Crippen LogP contribution in [-0.2, 0) is 0 Å². The molecule has 0 spiro atoms. The van der Waals surface area contributed by atoms with E-state index in [1.807, 2.05) is 65.2 Å². The maximum atomic E-state index is 12.7. The molecule has 0 fully saturated rings. The molecular formula is C23H19N3O3. The molecule has 0 radical (unpaired) electrons. The van der Waals surface area contributed by atoms with E-state index in [-0.39, 0.29) is 5.91 Å². The summed E-state index contributed by atoms with van der Waals surface area (Å²) in [5.74, 6) is 1.18. The molecule has 144 valence electrons. The molecule has 0 aliphatic carbocycles. The Morgan fingerprint density at radius 1 is 0.931 bits per heavy atom. The van der Waals surface area contributed by atoms with Crippen LogP contribution >= 0.6 is 0 Å². The van der Waals surface area contributed by atoms with Crippen LogP contribution in [0.5, 0.6) is 11.5 Å². The summed E-state index contributed by atoms with van der Waals surface area (Å²) in [4.78, 5) is 17.1. The quantitative estimate of drug-likeness (QED) is 0.566. The largest absolute Gasteiger partial charge is 0.490 e. The molecule has 1 amide bonds. The summed E-state index contributed by atoms with van der Waals surface area (Å²) >= 11 is 0. The van der Waals surface area contributed by atoms with Crippen molar-refractivity contribution in [1.82, 2.24) is 9.55 Å². The Balaban J connectivity index is 1.35. The third-order valence-corrected chi connectivity index (χ3v) is 4.87. The van der Waals surface area contributed by atoms with Crippen molar-refractivity contribution in [3.05, 3.63) is 78.6 Å². The molecule has 0 saturated carbocycles. The van der Waals surface area contributed by atoms with E-state index in [0.29, 0.717) is 36.0 Å². The van der Waals surface area contributed by atoms with Gasteiger partial charge in [-0.3, -0.25) is 9.36 Å². The summed E-state index contributed by atoms with van der Waals surface area (Å²) in [5, 5.41) is 2.92. The van der Waals surface area contributed by atoms with E-state index in [2.05, 4.69) is 10.3 Å². The standard InChI is InChI=1S/C23H19N3O3/c27-23(25-17-8-11-21-22(14-17)29-13-3-12-28-21)16-6-9-18(10-7-16)26-15-24-19-4-1-2-5-20(19)26/h1-2,4-11,14-15H,3,12-13H2,(H,25,27). The maximum Gasteiger partial charge on any atom is 0.255 e. The zero-order valence-corrected chi connectivity index (χ0v) is 15.7. The number of ether oxygens (including phenoxy) is 2. The van der Waals surface area contributed by atoms with Crippen molar-refractivity contribution in [2.75, 3.05) is 18.5 Å². The molecule has 6 nitrogen and oxygen atoms in total. The van der Waals surface area contributed by atoms with Crippen LogP contribution in [0.25, 0.3) is 16.7 Å². The summed E-state index contributed by atoms with van der Waals surface area (Å²) < 4.78 is 13.3. The fraction of sp³-hybridized carbons (Fsp3) is 0.130. The first-order valence-electron chi connectivity index (χ1n) is 9.51. The van der Waals surface area contributed by atoms with Crippen LogP contribution in [0.1, 0.15) is 16.8 Å². The van der Waals surface area contributed by atoms with Crippen LogP contribution in [0.15, 0.2) is 73.1 Å². The highest BCUT2D eigenvalue weighted by Gasteiger charge is 2.13. The summed E-state index contributed by atoms with van der Waals surface area (Å²) in [6, 6.07) is 20.8. The molecule has 6 heteroatoms. The van der Waals surface area contributed by atoms with Crippen molar-refractivity contribution in [3.8, 4) is 17.2 Å². The van der Waals surface area contributed by atoms with Gasteiger partial charge >= 0.3 is 0 Å². The minimum atomic E-state index is -0.179. The highest BCUT2D eigenvalue weighted by atomic mass is 16.5. The number of anilines is 1. The van der Waals surface area contributed by atoms with Gasteiger partial charge in [-0.15, -0.1) is 0 Å². The third-order valence-electron chi connectivity index (χ3n) is 4.87. The fourth-order valence-electron chi connectivity index (χ4n) is 3.38. The summed E-state index contributed by atoms with van der Waals surface area (Å²) in [6.45, 7) is 1.24. The van der Waals surface area contributed by atoms with Crippen LogP contribution in [0, 0.1) is 0 Å². The molecule has 0 unspecified atom stereocenters. The fourth-order valence-corrected chi connectivity index (χ4v) is 3.38. The molecule has 0 saturated heterocycles. The molecule has 4 aromatic rings. The zero-order chi connectivity index (χ0) is 19.6. The minimum absolute atomic E-state index is 0.179. The van der Waals surface area contributed by atoms with Crippen LogP contribution in [0.4, 0.5) is 5.69 Å². The van der Waals surface area contributed by atoms with Gasteiger partial charge in [-0.1, -0.05) is 12.1 Å². The van der Waals surface area contributed by atoms with Crippen LogP contribution in [-0.4, -0.2) is 28.7 Å². The first kappa shape index (κ1) is 17.3. The molecule has 1 aliphatic heterocycles. The Morgan fingerprint density at radius 2 is 1.72 bits per heavy atom. The van der Waals surface area contributed by atoms with Crippen molar-refractivity contribution in [3.63, 3.8) is 0 Å². The molecule has 29 heavy (non-hydrogen) atoms. The molecule has 0 bridgehead atoms. The summed E-state index contributed by atoms with van der Waals surface area (Å²) in [7, 11) is 0. The number of para-hydroxylation sites is 2. The van der Waals surface area contributed by atoms with Gasteiger partial charge in [0.15, 0.2) is 11.5 Å². The maximum absolute atomic E-state index is 12.7. The second-order valence-electron chi connectivity index (χ2n) is 6.82. The zero-order valence-electron chi connectivity index (χ0n) is 15.7. The van der Waals surface area contributed by atoms with Gasteiger partial charge in [0.25, 0.3) is 5.91 Å². The lowest BCUT2D eigenvalue weighted by Gasteiger charge is -2.11. The smallest absolute Gasteiger partial charge is 0.255 e. The van der Waals surface area contributed by atoms with Crippen molar-refractivity contribution >= 4 is 22.6 Å². The number of nitrogens with zero attached hydrogens (tertiary/aromatic N) is 2. The average molecular weight is 385 g/mol. The van der Waals surface area contributed by atoms with E-state index in [4.69, 9.17) is 9.47 Å². The number of hydrogen-bond acceptors (Lipinski definition) is 4. The predicted molar refractivity (Wildman–Crippen MR) is 111 cm³/mol. The number of carbonyl (C=O) groups excluding carboxylic acids is 1. The number of rotatable bonds is 3. The highest BCUT2D eigenvalue weighted by molar-refractivity contribution is 6.04. The Kier molecular flexibility index (Phi) is 4.37. The molecule has 2 heterocycles. The van der Waals surface area contributed by atoms with E-state index < -0.39 is 0 Å². The molecule has 1 aromatic heterocycles.